The average Bonchev–Trinajstić information content (AvgIpc) is 3.21. The van der Waals surface area contributed by atoms with Gasteiger partial charge in [0.25, 0.3) is 5.91 Å². The number of aliphatic hydroxyl groups excluding tert-OH is 1. The van der Waals surface area contributed by atoms with E-state index in [1.807, 2.05) is 4.90 Å². The van der Waals surface area contributed by atoms with Crippen LogP contribution in [0, 0.1) is 5.92 Å². The third-order valence-electron chi connectivity index (χ3n) is 6.11. The normalized spacial score (nSPS) is 24.2. The molecule has 7 nitrogen and oxygen atoms in total. The monoisotopic (exact) mass is 390 g/mol. The lowest BCUT2D eigenvalue weighted by Gasteiger charge is -2.42. The minimum Gasteiger partial charge on any atom is -0.481 e. The number of amides is 1. The van der Waals surface area contributed by atoms with Crippen molar-refractivity contribution in [3.63, 3.8) is 0 Å². The summed E-state index contributed by atoms with van der Waals surface area (Å²) in [6, 6.07) is 5.89. The van der Waals surface area contributed by atoms with Gasteiger partial charge in [0, 0.05) is 38.3 Å². The van der Waals surface area contributed by atoms with Crippen molar-refractivity contribution < 1.29 is 24.1 Å². The minimum atomic E-state index is -0.536. The largest absolute Gasteiger partial charge is 0.481 e. The van der Waals surface area contributed by atoms with Crippen LogP contribution in [0.3, 0.4) is 0 Å². The Morgan fingerprint density at radius 3 is 2.79 bits per heavy atom. The summed E-state index contributed by atoms with van der Waals surface area (Å²) in [7, 11) is 0. The zero-order chi connectivity index (χ0) is 19.5. The van der Waals surface area contributed by atoms with Gasteiger partial charge in [-0.1, -0.05) is 0 Å². The van der Waals surface area contributed by atoms with Crippen molar-refractivity contribution >= 4 is 5.91 Å². The predicted molar refractivity (Wildman–Crippen MR) is 104 cm³/mol. The van der Waals surface area contributed by atoms with Crippen molar-refractivity contribution in [2.75, 3.05) is 39.6 Å². The molecule has 2 fully saturated rings. The maximum Gasteiger partial charge on any atom is 0.263 e. The first kappa shape index (κ1) is 19.3. The number of piperidine rings is 2. The van der Waals surface area contributed by atoms with Gasteiger partial charge < -0.3 is 24.2 Å². The Morgan fingerprint density at radius 1 is 1.21 bits per heavy atom. The summed E-state index contributed by atoms with van der Waals surface area (Å²) in [6.45, 7) is 5.92. The maximum atomic E-state index is 12.8. The molecule has 3 heterocycles. The second kappa shape index (κ2) is 8.57. The van der Waals surface area contributed by atoms with Gasteiger partial charge in [0.2, 0.25) is 6.79 Å². The van der Waals surface area contributed by atoms with Crippen LogP contribution in [0.2, 0.25) is 0 Å². The van der Waals surface area contributed by atoms with Crippen LogP contribution in [0.25, 0.3) is 0 Å². The van der Waals surface area contributed by atoms with Gasteiger partial charge in [-0.3, -0.25) is 9.69 Å². The van der Waals surface area contributed by atoms with Gasteiger partial charge in [-0.2, -0.15) is 0 Å². The van der Waals surface area contributed by atoms with E-state index < -0.39 is 6.10 Å². The fraction of sp³-hybridized carbons (Fsp3) is 0.667. The quantitative estimate of drug-likeness (QED) is 0.828. The van der Waals surface area contributed by atoms with Crippen molar-refractivity contribution in [1.82, 2.24) is 9.80 Å². The SMILES string of the molecule is C[C@@H](Oc1ccc2c(c1)OCO2)C(=O)N1CCC(N2CCC[C@@H](CO)C2)CC1. The van der Waals surface area contributed by atoms with E-state index in [-0.39, 0.29) is 19.3 Å². The number of benzene rings is 1. The Labute approximate surface area is 166 Å². The predicted octanol–water partition coefficient (Wildman–Crippen LogP) is 1.88. The maximum absolute atomic E-state index is 12.8. The molecule has 3 aliphatic rings. The molecule has 0 unspecified atom stereocenters. The topological polar surface area (TPSA) is 71.5 Å². The van der Waals surface area contributed by atoms with Gasteiger partial charge in [0.05, 0.1) is 0 Å². The van der Waals surface area contributed by atoms with Gasteiger partial charge >= 0.3 is 0 Å². The van der Waals surface area contributed by atoms with Gasteiger partial charge in [-0.05, 0) is 57.2 Å². The first-order valence-electron chi connectivity index (χ1n) is 10.3. The molecule has 1 amide bonds. The first-order valence-corrected chi connectivity index (χ1v) is 10.3. The number of rotatable bonds is 5. The van der Waals surface area contributed by atoms with Crippen molar-refractivity contribution in [1.29, 1.82) is 0 Å². The first-order chi connectivity index (χ1) is 13.6. The van der Waals surface area contributed by atoms with Gasteiger partial charge in [-0.15, -0.1) is 0 Å². The number of hydrogen-bond donors (Lipinski definition) is 1. The molecule has 0 radical (unpaired) electrons. The smallest absolute Gasteiger partial charge is 0.263 e. The standard InChI is InChI=1S/C21H30N2O5/c1-15(28-18-4-5-19-20(11-18)27-14-26-19)21(25)22-9-6-17(7-10-22)23-8-2-3-16(12-23)13-24/h4-5,11,15-17,24H,2-3,6-10,12-14H2,1H3/t15-,16-/m1/s1. The van der Waals surface area contributed by atoms with E-state index in [2.05, 4.69) is 4.90 Å². The van der Waals surface area contributed by atoms with Crippen LogP contribution in [0.15, 0.2) is 18.2 Å². The second-order valence-corrected chi connectivity index (χ2v) is 8.02. The van der Waals surface area contributed by atoms with E-state index in [1.165, 1.54) is 0 Å². The third-order valence-corrected chi connectivity index (χ3v) is 6.11. The molecule has 7 heteroatoms. The molecule has 154 valence electrons. The highest BCUT2D eigenvalue weighted by molar-refractivity contribution is 5.81. The summed E-state index contributed by atoms with van der Waals surface area (Å²) in [5.41, 5.74) is 0. The Morgan fingerprint density at radius 2 is 2.00 bits per heavy atom. The van der Waals surface area contributed by atoms with Gasteiger partial charge in [0.15, 0.2) is 17.6 Å². The van der Waals surface area contributed by atoms with Crippen LogP contribution >= 0.6 is 0 Å². The van der Waals surface area contributed by atoms with Crippen LogP contribution in [0.5, 0.6) is 17.2 Å². The molecular weight excluding hydrogens is 360 g/mol. The molecule has 2 saturated heterocycles. The number of carbonyl (C=O) groups is 1. The molecule has 0 aliphatic carbocycles. The van der Waals surface area contributed by atoms with Crippen LogP contribution in [0.4, 0.5) is 0 Å². The summed E-state index contributed by atoms with van der Waals surface area (Å²) in [6.07, 6.45) is 3.72. The Hall–Kier alpha value is -1.99. The van der Waals surface area contributed by atoms with E-state index in [0.717, 1.165) is 51.9 Å². The molecule has 2 atom stereocenters. The molecule has 3 aliphatic heterocycles. The number of carbonyl (C=O) groups excluding carboxylic acids is 1. The molecular formula is C21H30N2O5. The summed E-state index contributed by atoms with van der Waals surface area (Å²) >= 11 is 0. The van der Waals surface area contributed by atoms with E-state index in [0.29, 0.717) is 29.2 Å². The van der Waals surface area contributed by atoms with Crippen LogP contribution in [0.1, 0.15) is 32.6 Å². The van der Waals surface area contributed by atoms with E-state index in [4.69, 9.17) is 14.2 Å². The summed E-state index contributed by atoms with van der Waals surface area (Å²) in [4.78, 5) is 17.2. The lowest BCUT2D eigenvalue weighted by atomic mass is 9.94. The zero-order valence-electron chi connectivity index (χ0n) is 16.5. The molecule has 0 bridgehead atoms. The molecule has 0 spiro atoms. The Bertz CT molecular complexity index is 689. The Kier molecular flexibility index (Phi) is 5.92. The summed E-state index contributed by atoms with van der Waals surface area (Å²) in [5.74, 6) is 2.41. The van der Waals surface area contributed by atoms with Crippen LogP contribution in [-0.2, 0) is 4.79 Å². The second-order valence-electron chi connectivity index (χ2n) is 8.02. The fourth-order valence-electron chi connectivity index (χ4n) is 4.49. The van der Waals surface area contributed by atoms with Gasteiger partial charge in [0.1, 0.15) is 5.75 Å². The molecule has 28 heavy (non-hydrogen) atoms. The number of aliphatic hydroxyl groups is 1. The molecule has 1 N–H and O–H groups in total. The lowest BCUT2D eigenvalue weighted by molar-refractivity contribution is -0.139. The molecule has 1 aromatic carbocycles. The highest BCUT2D eigenvalue weighted by Crippen LogP contribution is 2.35. The summed E-state index contributed by atoms with van der Waals surface area (Å²) in [5, 5.41) is 9.45. The number of ether oxygens (including phenoxy) is 3. The number of hydrogen-bond acceptors (Lipinski definition) is 6. The van der Waals surface area contributed by atoms with Crippen molar-refractivity contribution in [3.8, 4) is 17.2 Å². The van der Waals surface area contributed by atoms with E-state index >= 15 is 0 Å². The molecule has 1 aromatic rings. The highest BCUT2D eigenvalue weighted by atomic mass is 16.7. The van der Waals surface area contributed by atoms with Crippen LogP contribution in [-0.4, -0.2) is 72.5 Å². The zero-order valence-corrected chi connectivity index (χ0v) is 16.5. The minimum absolute atomic E-state index is 0.0306. The molecule has 0 aromatic heterocycles. The number of likely N-dealkylation sites (tertiary alicyclic amines) is 2. The third kappa shape index (κ3) is 4.20. The molecule has 0 saturated carbocycles. The summed E-state index contributed by atoms with van der Waals surface area (Å²) < 4.78 is 16.5. The van der Waals surface area contributed by atoms with Crippen molar-refractivity contribution in [3.05, 3.63) is 18.2 Å². The lowest BCUT2D eigenvalue weighted by Crippen LogP contribution is -2.51. The van der Waals surface area contributed by atoms with E-state index in [9.17, 15) is 9.90 Å². The van der Waals surface area contributed by atoms with E-state index in [1.54, 1.807) is 25.1 Å². The van der Waals surface area contributed by atoms with Gasteiger partial charge in [-0.25, -0.2) is 0 Å². The number of fused-ring (bicyclic) bond motifs is 1. The Balaban J connectivity index is 1.27. The molecule has 4 rings (SSSR count). The number of nitrogens with zero attached hydrogens (tertiary/aromatic N) is 2. The van der Waals surface area contributed by atoms with Crippen LogP contribution < -0.4 is 14.2 Å². The van der Waals surface area contributed by atoms with Crippen molar-refractivity contribution in [2.45, 2.75) is 44.8 Å². The highest BCUT2D eigenvalue weighted by Gasteiger charge is 2.31. The fourth-order valence-corrected chi connectivity index (χ4v) is 4.49. The average molecular weight is 390 g/mol. The van der Waals surface area contributed by atoms with Crippen molar-refractivity contribution in [2.24, 2.45) is 5.92 Å².